The van der Waals surface area contributed by atoms with Gasteiger partial charge < -0.3 is 9.64 Å². The normalized spacial score (nSPS) is 19.1. The smallest absolute Gasteiger partial charge is 0.0963 e. The number of nitrogens with zero attached hydrogens (tertiary/aromatic N) is 1. The number of unbranched alkanes of at least 4 members (excludes halogenated alkanes) is 6. The Kier molecular flexibility index (Phi) is 8.21. The van der Waals surface area contributed by atoms with Gasteiger partial charge in [-0.05, 0) is 36.8 Å². The van der Waals surface area contributed by atoms with Gasteiger partial charge in [-0.25, -0.2) is 0 Å². The maximum atomic E-state index is 6.38. The summed E-state index contributed by atoms with van der Waals surface area (Å²) in [5.41, 5.74) is 2.91. The Bertz CT molecular complexity index is 535. The van der Waals surface area contributed by atoms with E-state index in [9.17, 15) is 0 Å². The highest BCUT2D eigenvalue weighted by molar-refractivity contribution is 5.35. The van der Waals surface area contributed by atoms with E-state index in [0.717, 1.165) is 12.6 Å². The van der Waals surface area contributed by atoms with Crippen molar-refractivity contribution in [3.05, 3.63) is 35.4 Å². The van der Waals surface area contributed by atoms with Crippen LogP contribution in [0.25, 0.3) is 0 Å². The number of ether oxygens (including phenoxy) is 1. The lowest BCUT2D eigenvalue weighted by Crippen LogP contribution is -2.47. The summed E-state index contributed by atoms with van der Waals surface area (Å²) in [7, 11) is 0. The van der Waals surface area contributed by atoms with Gasteiger partial charge in [0.25, 0.3) is 0 Å². The lowest BCUT2D eigenvalue weighted by molar-refractivity contribution is -0.0854. The third-order valence-electron chi connectivity index (χ3n) is 6.92. The summed E-state index contributed by atoms with van der Waals surface area (Å²) in [6.07, 6.45) is 16.3. The van der Waals surface area contributed by atoms with Gasteiger partial charge in [0.1, 0.15) is 0 Å². The second-order valence-electron chi connectivity index (χ2n) is 8.83. The van der Waals surface area contributed by atoms with Crippen LogP contribution in [-0.2, 0) is 16.9 Å². The average molecular weight is 372 g/mol. The van der Waals surface area contributed by atoms with Crippen molar-refractivity contribution in [1.29, 1.82) is 0 Å². The Hall–Kier alpha value is -0.860. The molecule has 1 saturated heterocycles. The zero-order valence-corrected chi connectivity index (χ0v) is 17.8. The van der Waals surface area contributed by atoms with Crippen LogP contribution >= 0.6 is 0 Å². The standard InChI is InChI=1S/C25H41NO/c1-3-5-7-9-14-23(15-10-8-6-4-2)26-19-17-25(18-20-26)24-16-12-11-13-22(24)21-27-25/h11-13,16,23H,3-10,14-15,17-21H2,1-2H3. The lowest BCUT2D eigenvalue weighted by atomic mass is 9.83. The van der Waals surface area contributed by atoms with Crippen LogP contribution in [0.3, 0.4) is 0 Å². The van der Waals surface area contributed by atoms with E-state index >= 15 is 0 Å². The van der Waals surface area contributed by atoms with Crippen molar-refractivity contribution in [3.63, 3.8) is 0 Å². The molecule has 3 rings (SSSR count). The average Bonchev–Trinajstić information content (AvgIpc) is 3.06. The summed E-state index contributed by atoms with van der Waals surface area (Å²) in [6, 6.07) is 9.70. The molecule has 1 aromatic rings. The minimum atomic E-state index is 0.0159. The number of fused-ring (bicyclic) bond motifs is 2. The van der Waals surface area contributed by atoms with E-state index in [0.29, 0.717) is 0 Å². The second-order valence-corrected chi connectivity index (χ2v) is 8.83. The van der Waals surface area contributed by atoms with Crippen molar-refractivity contribution in [2.45, 2.75) is 109 Å². The molecule has 0 amide bonds. The van der Waals surface area contributed by atoms with E-state index < -0.39 is 0 Å². The summed E-state index contributed by atoms with van der Waals surface area (Å²) in [6.45, 7) is 7.85. The molecule has 1 fully saturated rings. The van der Waals surface area contributed by atoms with Crippen LogP contribution in [0.15, 0.2) is 24.3 Å². The number of likely N-dealkylation sites (tertiary alicyclic amines) is 1. The van der Waals surface area contributed by atoms with Gasteiger partial charge in [0.05, 0.1) is 12.2 Å². The molecule has 0 N–H and O–H groups in total. The minimum absolute atomic E-state index is 0.0159. The highest BCUT2D eigenvalue weighted by atomic mass is 16.5. The minimum Gasteiger partial charge on any atom is -0.365 e. The van der Waals surface area contributed by atoms with Crippen molar-refractivity contribution in [1.82, 2.24) is 4.90 Å². The molecule has 0 unspecified atom stereocenters. The van der Waals surface area contributed by atoms with Gasteiger partial charge in [0.2, 0.25) is 0 Å². The lowest BCUT2D eigenvalue weighted by Gasteiger charge is -2.43. The first-order valence-electron chi connectivity index (χ1n) is 11.8. The molecule has 2 heterocycles. The molecule has 2 aliphatic heterocycles. The summed E-state index contributed by atoms with van der Waals surface area (Å²) < 4.78 is 6.38. The fourth-order valence-corrected chi connectivity index (χ4v) is 5.17. The van der Waals surface area contributed by atoms with Crippen LogP contribution in [0, 0.1) is 0 Å². The van der Waals surface area contributed by atoms with Crippen LogP contribution in [0.5, 0.6) is 0 Å². The zero-order chi connectivity index (χ0) is 19.0. The molecule has 0 radical (unpaired) electrons. The molecule has 2 nitrogen and oxygen atoms in total. The van der Waals surface area contributed by atoms with Crippen molar-refractivity contribution in [2.75, 3.05) is 13.1 Å². The monoisotopic (exact) mass is 371 g/mol. The number of benzene rings is 1. The Labute approximate surface area is 167 Å². The van der Waals surface area contributed by atoms with Gasteiger partial charge in [0, 0.05) is 19.1 Å². The van der Waals surface area contributed by atoms with E-state index in [1.807, 2.05) is 0 Å². The molecule has 1 spiro atoms. The van der Waals surface area contributed by atoms with E-state index in [1.54, 1.807) is 0 Å². The summed E-state index contributed by atoms with van der Waals surface area (Å²) in [5, 5.41) is 0. The van der Waals surface area contributed by atoms with E-state index in [-0.39, 0.29) is 5.60 Å². The van der Waals surface area contributed by atoms with Gasteiger partial charge in [-0.2, -0.15) is 0 Å². The van der Waals surface area contributed by atoms with Crippen LogP contribution in [0.1, 0.15) is 102 Å². The molecule has 2 aliphatic rings. The van der Waals surface area contributed by atoms with Gasteiger partial charge in [0.15, 0.2) is 0 Å². The Morgan fingerprint density at radius 2 is 1.52 bits per heavy atom. The van der Waals surface area contributed by atoms with E-state index in [1.165, 1.54) is 101 Å². The van der Waals surface area contributed by atoms with Crippen LogP contribution < -0.4 is 0 Å². The summed E-state index contributed by atoms with van der Waals surface area (Å²) in [5.74, 6) is 0. The Balaban J connectivity index is 1.54. The molecule has 0 aromatic heterocycles. The number of rotatable bonds is 11. The van der Waals surface area contributed by atoms with Gasteiger partial charge in [-0.1, -0.05) is 89.5 Å². The molecule has 1 aromatic carbocycles. The highest BCUT2D eigenvalue weighted by Crippen LogP contribution is 2.44. The molecule has 27 heavy (non-hydrogen) atoms. The summed E-state index contributed by atoms with van der Waals surface area (Å²) in [4.78, 5) is 2.81. The molecule has 152 valence electrons. The van der Waals surface area contributed by atoms with Crippen LogP contribution in [-0.4, -0.2) is 24.0 Å². The maximum absolute atomic E-state index is 6.38. The molecule has 0 atom stereocenters. The highest BCUT2D eigenvalue weighted by Gasteiger charge is 2.43. The quantitative estimate of drug-likeness (QED) is 0.396. The molecule has 0 aliphatic carbocycles. The summed E-state index contributed by atoms with van der Waals surface area (Å²) >= 11 is 0. The topological polar surface area (TPSA) is 12.5 Å². The second kappa shape index (κ2) is 10.6. The molecule has 2 heteroatoms. The fourth-order valence-electron chi connectivity index (χ4n) is 5.17. The van der Waals surface area contributed by atoms with E-state index in [2.05, 4.69) is 43.0 Å². The number of piperidine rings is 1. The van der Waals surface area contributed by atoms with Crippen LogP contribution in [0.4, 0.5) is 0 Å². The number of hydrogen-bond donors (Lipinski definition) is 0. The third kappa shape index (κ3) is 5.35. The van der Waals surface area contributed by atoms with Gasteiger partial charge in [-0.3, -0.25) is 0 Å². The zero-order valence-electron chi connectivity index (χ0n) is 17.8. The predicted molar refractivity (Wildman–Crippen MR) is 115 cm³/mol. The predicted octanol–water partition coefficient (Wildman–Crippen LogP) is 6.82. The van der Waals surface area contributed by atoms with Crippen LogP contribution in [0.2, 0.25) is 0 Å². The Morgan fingerprint density at radius 1 is 0.889 bits per heavy atom. The van der Waals surface area contributed by atoms with Crippen molar-refractivity contribution < 1.29 is 4.74 Å². The maximum Gasteiger partial charge on any atom is 0.0963 e. The van der Waals surface area contributed by atoms with Crippen molar-refractivity contribution >= 4 is 0 Å². The van der Waals surface area contributed by atoms with E-state index in [4.69, 9.17) is 4.74 Å². The first kappa shape index (κ1) is 20.9. The SMILES string of the molecule is CCCCCCC(CCCCCC)N1CCC2(CC1)OCc1ccccc12. The first-order chi connectivity index (χ1) is 13.3. The molecule has 0 bridgehead atoms. The number of hydrogen-bond acceptors (Lipinski definition) is 2. The van der Waals surface area contributed by atoms with Gasteiger partial charge >= 0.3 is 0 Å². The molecule has 0 saturated carbocycles. The Morgan fingerprint density at radius 3 is 2.15 bits per heavy atom. The molecular weight excluding hydrogens is 330 g/mol. The van der Waals surface area contributed by atoms with Crippen molar-refractivity contribution in [2.24, 2.45) is 0 Å². The molecular formula is C25H41NO. The largest absolute Gasteiger partial charge is 0.365 e. The third-order valence-corrected chi connectivity index (χ3v) is 6.92. The fraction of sp³-hybridized carbons (Fsp3) is 0.760. The first-order valence-corrected chi connectivity index (χ1v) is 11.8. The van der Waals surface area contributed by atoms with Crippen molar-refractivity contribution in [3.8, 4) is 0 Å². The van der Waals surface area contributed by atoms with Gasteiger partial charge in [-0.15, -0.1) is 0 Å².